The third-order valence-corrected chi connectivity index (χ3v) is 4.47. The number of hydrogen-bond donors (Lipinski definition) is 1. The van der Waals surface area contributed by atoms with E-state index in [1.807, 2.05) is 36.4 Å². The van der Waals surface area contributed by atoms with E-state index in [9.17, 15) is 4.79 Å². The van der Waals surface area contributed by atoms with Crippen molar-refractivity contribution < 1.29 is 0 Å². The Hall–Kier alpha value is -2.72. The lowest BCUT2D eigenvalue weighted by atomic mass is 10.1. The molecule has 0 radical (unpaired) electrons. The highest BCUT2D eigenvalue weighted by atomic mass is 32.1. The number of benzene rings is 2. The van der Waals surface area contributed by atoms with Gasteiger partial charge in [-0.25, -0.2) is 4.98 Å². The van der Waals surface area contributed by atoms with Crippen LogP contribution in [0.3, 0.4) is 0 Å². The van der Waals surface area contributed by atoms with Gasteiger partial charge in [0.2, 0.25) is 0 Å². The van der Waals surface area contributed by atoms with Crippen molar-refractivity contribution in [2.24, 2.45) is 0 Å². The van der Waals surface area contributed by atoms with Gasteiger partial charge in [-0.1, -0.05) is 36.4 Å². The van der Waals surface area contributed by atoms with Gasteiger partial charge in [0.05, 0.1) is 10.9 Å². The number of aromatic amines is 1. The van der Waals surface area contributed by atoms with Crippen LogP contribution in [0, 0.1) is 0 Å². The zero-order valence-corrected chi connectivity index (χ0v) is 12.4. The van der Waals surface area contributed by atoms with Crippen molar-refractivity contribution in [1.29, 1.82) is 0 Å². The van der Waals surface area contributed by atoms with Crippen molar-refractivity contribution in [3.8, 4) is 21.8 Å². The van der Waals surface area contributed by atoms with E-state index in [1.54, 1.807) is 17.4 Å². The molecule has 4 aromatic rings. The van der Waals surface area contributed by atoms with Gasteiger partial charge >= 0.3 is 0 Å². The molecule has 2 aromatic heterocycles. The van der Waals surface area contributed by atoms with Crippen LogP contribution in [0.15, 0.2) is 70.8 Å². The lowest BCUT2D eigenvalue weighted by Gasteiger charge is -2.05. The summed E-state index contributed by atoms with van der Waals surface area (Å²) in [4.78, 5) is 20.8. The quantitative estimate of drug-likeness (QED) is 0.599. The van der Waals surface area contributed by atoms with E-state index in [4.69, 9.17) is 0 Å². The number of fused-ring (bicyclic) bond motifs is 1. The Labute approximate surface area is 130 Å². The second-order valence-electron chi connectivity index (χ2n) is 4.99. The second kappa shape index (κ2) is 5.24. The highest BCUT2D eigenvalue weighted by molar-refractivity contribution is 7.13. The molecule has 4 heteroatoms. The first-order chi connectivity index (χ1) is 10.8. The molecule has 2 aromatic carbocycles. The molecule has 0 amide bonds. The smallest absolute Gasteiger partial charge is 0.259 e. The summed E-state index contributed by atoms with van der Waals surface area (Å²) in [5.41, 5.74) is 2.64. The summed E-state index contributed by atoms with van der Waals surface area (Å²) >= 11 is 1.69. The van der Waals surface area contributed by atoms with Gasteiger partial charge in [0, 0.05) is 10.4 Å². The van der Waals surface area contributed by atoms with Gasteiger partial charge in [-0.05, 0) is 35.2 Å². The van der Waals surface area contributed by atoms with Crippen LogP contribution in [0.25, 0.3) is 32.7 Å². The fourth-order valence-corrected chi connectivity index (χ4v) is 3.21. The van der Waals surface area contributed by atoms with E-state index >= 15 is 0 Å². The predicted octanol–water partition coefficient (Wildman–Crippen LogP) is 4.32. The SMILES string of the molecule is O=c1[nH]c(-c2cccc(-c3cccs3)c2)nc2ccccc12. The molecule has 0 saturated heterocycles. The molecule has 0 atom stereocenters. The molecule has 4 rings (SSSR count). The van der Waals surface area contributed by atoms with Gasteiger partial charge in [-0.2, -0.15) is 0 Å². The normalized spacial score (nSPS) is 10.9. The van der Waals surface area contributed by atoms with Crippen molar-refractivity contribution in [3.05, 3.63) is 76.4 Å². The summed E-state index contributed by atoms with van der Waals surface area (Å²) < 4.78 is 0. The maximum Gasteiger partial charge on any atom is 0.259 e. The number of H-pyrrole nitrogens is 1. The van der Waals surface area contributed by atoms with Crippen LogP contribution in [0.2, 0.25) is 0 Å². The summed E-state index contributed by atoms with van der Waals surface area (Å²) in [5.74, 6) is 0.599. The number of nitrogens with one attached hydrogen (secondary N) is 1. The average Bonchev–Trinajstić information content (AvgIpc) is 3.09. The standard InChI is InChI=1S/C18H12N2OS/c21-18-14-7-1-2-8-15(14)19-17(20-18)13-6-3-5-12(11-13)16-9-4-10-22-16/h1-11H,(H,19,20,21). The van der Waals surface area contributed by atoms with E-state index < -0.39 is 0 Å². The number of hydrogen-bond acceptors (Lipinski definition) is 3. The minimum absolute atomic E-state index is 0.109. The number of aromatic nitrogens is 2. The summed E-state index contributed by atoms with van der Waals surface area (Å²) in [6, 6.07) is 19.6. The Bertz CT molecular complexity index is 1000. The van der Waals surface area contributed by atoms with Crippen molar-refractivity contribution >= 4 is 22.2 Å². The highest BCUT2D eigenvalue weighted by Gasteiger charge is 2.07. The summed E-state index contributed by atoms with van der Waals surface area (Å²) in [6.45, 7) is 0. The lowest BCUT2D eigenvalue weighted by molar-refractivity contribution is 1.18. The molecule has 0 unspecified atom stereocenters. The van der Waals surface area contributed by atoms with E-state index in [0.29, 0.717) is 16.7 Å². The number of nitrogens with zero attached hydrogens (tertiary/aromatic N) is 1. The first-order valence-corrected chi connectivity index (χ1v) is 7.82. The second-order valence-corrected chi connectivity index (χ2v) is 5.94. The van der Waals surface area contributed by atoms with Gasteiger partial charge in [-0.15, -0.1) is 11.3 Å². The van der Waals surface area contributed by atoms with Crippen molar-refractivity contribution in [1.82, 2.24) is 9.97 Å². The molecule has 0 fully saturated rings. The molecule has 0 aliphatic carbocycles. The minimum Gasteiger partial charge on any atom is -0.306 e. The van der Waals surface area contributed by atoms with Gasteiger partial charge < -0.3 is 4.98 Å². The van der Waals surface area contributed by atoms with E-state index in [-0.39, 0.29) is 5.56 Å². The molecule has 22 heavy (non-hydrogen) atoms. The topological polar surface area (TPSA) is 45.8 Å². The molecule has 1 N–H and O–H groups in total. The van der Waals surface area contributed by atoms with Crippen molar-refractivity contribution in [2.45, 2.75) is 0 Å². The maximum atomic E-state index is 12.2. The van der Waals surface area contributed by atoms with Crippen LogP contribution in [0.1, 0.15) is 0 Å². The molecule has 0 bridgehead atoms. The lowest BCUT2D eigenvalue weighted by Crippen LogP contribution is -2.09. The monoisotopic (exact) mass is 304 g/mol. The Kier molecular flexibility index (Phi) is 3.09. The number of para-hydroxylation sites is 1. The Balaban J connectivity index is 1.89. The molecule has 106 valence electrons. The van der Waals surface area contributed by atoms with Crippen LogP contribution in [-0.2, 0) is 0 Å². The Morgan fingerprint density at radius 1 is 0.909 bits per heavy atom. The molecular weight excluding hydrogens is 292 g/mol. The highest BCUT2D eigenvalue weighted by Crippen LogP contribution is 2.28. The van der Waals surface area contributed by atoms with Crippen LogP contribution in [0.5, 0.6) is 0 Å². The number of rotatable bonds is 2. The minimum atomic E-state index is -0.109. The zero-order chi connectivity index (χ0) is 14.9. The Morgan fingerprint density at radius 3 is 2.64 bits per heavy atom. The molecule has 0 spiro atoms. The molecular formula is C18H12N2OS. The first-order valence-electron chi connectivity index (χ1n) is 6.95. The molecule has 0 aliphatic heterocycles. The molecule has 0 aliphatic rings. The van der Waals surface area contributed by atoms with Crippen molar-refractivity contribution in [3.63, 3.8) is 0 Å². The molecule has 2 heterocycles. The third kappa shape index (κ3) is 2.23. The van der Waals surface area contributed by atoms with Crippen LogP contribution in [0.4, 0.5) is 0 Å². The molecule has 3 nitrogen and oxygen atoms in total. The fourth-order valence-electron chi connectivity index (χ4n) is 2.49. The maximum absolute atomic E-state index is 12.2. The van der Waals surface area contributed by atoms with Gasteiger partial charge in [0.25, 0.3) is 5.56 Å². The van der Waals surface area contributed by atoms with Gasteiger partial charge in [-0.3, -0.25) is 4.79 Å². The van der Waals surface area contributed by atoms with Crippen LogP contribution < -0.4 is 5.56 Å². The third-order valence-electron chi connectivity index (χ3n) is 3.55. The largest absolute Gasteiger partial charge is 0.306 e. The number of thiophene rings is 1. The van der Waals surface area contributed by atoms with Crippen LogP contribution >= 0.6 is 11.3 Å². The fraction of sp³-hybridized carbons (Fsp3) is 0. The average molecular weight is 304 g/mol. The first kappa shape index (κ1) is 13.0. The van der Waals surface area contributed by atoms with E-state index in [2.05, 4.69) is 33.5 Å². The predicted molar refractivity (Wildman–Crippen MR) is 91.1 cm³/mol. The summed E-state index contributed by atoms with van der Waals surface area (Å²) in [6.07, 6.45) is 0. The summed E-state index contributed by atoms with van der Waals surface area (Å²) in [7, 11) is 0. The summed E-state index contributed by atoms with van der Waals surface area (Å²) in [5, 5.41) is 2.67. The van der Waals surface area contributed by atoms with Crippen molar-refractivity contribution in [2.75, 3.05) is 0 Å². The van der Waals surface area contributed by atoms with E-state index in [1.165, 1.54) is 4.88 Å². The van der Waals surface area contributed by atoms with Gasteiger partial charge in [0.1, 0.15) is 5.82 Å². The van der Waals surface area contributed by atoms with Gasteiger partial charge in [0.15, 0.2) is 0 Å². The molecule has 0 saturated carbocycles. The Morgan fingerprint density at radius 2 is 1.77 bits per heavy atom. The van der Waals surface area contributed by atoms with E-state index in [0.717, 1.165) is 11.1 Å². The zero-order valence-electron chi connectivity index (χ0n) is 11.6. The van der Waals surface area contributed by atoms with Crippen LogP contribution in [-0.4, -0.2) is 9.97 Å².